The van der Waals surface area contributed by atoms with Crippen LogP contribution in [0, 0.1) is 11.7 Å². The number of morpholine rings is 1. The molecule has 0 N–H and O–H groups in total. The van der Waals surface area contributed by atoms with Crippen LogP contribution in [-0.2, 0) is 9.47 Å². The SMILES string of the molecule is CC(C)(C)OC(=O)N1C2COCC1CC(C(=O)c1ccc(F)cc1OC(F)F)C2. The number of hydrogen-bond acceptors (Lipinski definition) is 5. The molecule has 3 rings (SSSR count). The lowest BCUT2D eigenvalue weighted by molar-refractivity contribution is -0.0862. The number of halogens is 3. The van der Waals surface area contributed by atoms with Gasteiger partial charge in [-0.25, -0.2) is 9.18 Å². The average Bonchev–Trinajstić information content (AvgIpc) is 2.58. The quantitative estimate of drug-likeness (QED) is 0.695. The molecule has 0 saturated carbocycles. The van der Waals surface area contributed by atoms with Crippen LogP contribution < -0.4 is 4.74 Å². The van der Waals surface area contributed by atoms with Crippen molar-refractivity contribution >= 4 is 11.9 Å². The fourth-order valence-corrected chi connectivity index (χ4v) is 3.86. The molecule has 2 fully saturated rings. The first-order valence-corrected chi connectivity index (χ1v) is 9.43. The van der Waals surface area contributed by atoms with Crippen molar-refractivity contribution in [3.8, 4) is 5.75 Å². The van der Waals surface area contributed by atoms with Crippen LogP contribution in [0.4, 0.5) is 18.0 Å². The van der Waals surface area contributed by atoms with Crippen molar-refractivity contribution in [3.63, 3.8) is 0 Å². The largest absolute Gasteiger partial charge is 0.444 e. The number of alkyl halides is 2. The Morgan fingerprint density at radius 2 is 1.79 bits per heavy atom. The van der Waals surface area contributed by atoms with Crippen molar-refractivity contribution < 1.29 is 37.0 Å². The second-order valence-corrected chi connectivity index (χ2v) is 8.28. The highest BCUT2D eigenvalue weighted by Gasteiger charge is 2.45. The van der Waals surface area contributed by atoms with E-state index in [4.69, 9.17) is 9.47 Å². The van der Waals surface area contributed by atoms with Gasteiger partial charge in [-0.1, -0.05) is 0 Å². The second-order valence-electron chi connectivity index (χ2n) is 8.28. The summed E-state index contributed by atoms with van der Waals surface area (Å²) in [5.74, 6) is -2.21. The first-order valence-electron chi connectivity index (χ1n) is 9.43. The molecule has 160 valence electrons. The molecular weight excluding hydrogens is 391 g/mol. The van der Waals surface area contributed by atoms with Gasteiger partial charge in [0.15, 0.2) is 5.78 Å². The molecule has 1 amide bonds. The molecule has 0 aliphatic carbocycles. The van der Waals surface area contributed by atoms with E-state index in [9.17, 15) is 22.8 Å². The lowest BCUT2D eigenvalue weighted by atomic mass is 9.80. The molecule has 0 spiro atoms. The van der Waals surface area contributed by atoms with Crippen molar-refractivity contribution in [2.24, 2.45) is 5.92 Å². The predicted octanol–water partition coefficient (Wildman–Crippen LogP) is 4.02. The molecule has 2 heterocycles. The first kappa shape index (κ1) is 21.4. The number of hydrogen-bond donors (Lipinski definition) is 0. The Labute approximate surface area is 166 Å². The molecule has 0 aromatic heterocycles. The monoisotopic (exact) mass is 415 g/mol. The number of nitrogens with zero attached hydrogens (tertiary/aromatic N) is 1. The molecule has 2 saturated heterocycles. The molecule has 2 bridgehead atoms. The molecule has 0 radical (unpaired) electrons. The highest BCUT2D eigenvalue weighted by Crippen LogP contribution is 2.36. The number of amides is 1. The Hall–Kier alpha value is -2.29. The summed E-state index contributed by atoms with van der Waals surface area (Å²) in [7, 11) is 0. The summed E-state index contributed by atoms with van der Waals surface area (Å²) in [6.07, 6.45) is 0.116. The molecule has 9 heteroatoms. The highest BCUT2D eigenvalue weighted by atomic mass is 19.3. The van der Waals surface area contributed by atoms with Gasteiger partial charge in [0.25, 0.3) is 0 Å². The maximum absolute atomic E-state index is 13.5. The van der Waals surface area contributed by atoms with Gasteiger partial charge in [-0.2, -0.15) is 8.78 Å². The average molecular weight is 415 g/mol. The summed E-state index contributed by atoms with van der Waals surface area (Å²) < 4.78 is 54.1. The standard InChI is InChI=1S/C20H24F3NO5/c1-20(2,3)29-19(26)24-13-6-11(7-14(24)10-27-9-13)17(25)15-5-4-12(21)8-16(15)28-18(22)23/h4-5,8,11,13-14,18H,6-7,9-10H2,1-3H3. The Morgan fingerprint density at radius 1 is 1.17 bits per heavy atom. The normalized spacial score (nSPS) is 24.4. The molecule has 29 heavy (non-hydrogen) atoms. The Kier molecular flexibility index (Phi) is 6.07. The highest BCUT2D eigenvalue weighted by molar-refractivity contribution is 6.00. The minimum atomic E-state index is -3.18. The van der Waals surface area contributed by atoms with Crippen LogP contribution in [-0.4, -0.2) is 54.3 Å². The molecular formula is C20H24F3NO5. The van der Waals surface area contributed by atoms with E-state index in [1.54, 1.807) is 25.7 Å². The van der Waals surface area contributed by atoms with Gasteiger partial charge in [0, 0.05) is 12.0 Å². The van der Waals surface area contributed by atoms with Gasteiger partial charge in [-0.15, -0.1) is 0 Å². The maximum Gasteiger partial charge on any atom is 0.410 e. The number of ether oxygens (including phenoxy) is 3. The number of carbonyl (C=O) groups excluding carboxylic acids is 2. The van der Waals surface area contributed by atoms with E-state index in [0.717, 1.165) is 18.2 Å². The summed E-state index contributed by atoms with van der Waals surface area (Å²) in [5, 5.41) is 0. The zero-order chi connectivity index (χ0) is 21.3. The molecule has 2 aliphatic rings. The van der Waals surface area contributed by atoms with Gasteiger partial charge in [-0.3, -0.25) is 9.69 Å². The topological polar surface area (TPSA) is 65.1 Å². The lowest BCUT2D eigenvalue weighted by Gasteiger charge is -2.47. The van der Waals surface area contributed by atoms with Gasteiger partial charge in [0.05, 0.1) is 30.9 Å². The fraction of sp³-hybridized carbons (Fsp3) is 0.600. The van der Waals surface area contributed by atoms with Crippen molar-refractivity contribution in [1.82, 2.24) is 4.90 Å². The molecule has 2 unspecified atom stereocenters. The molecule has 6 nitrogen and oxygen atoms in total. The number of carbonyl (C=O) groups is 2. The second kappa shape index (κ2) is 8.22. The van der Waals surface area contributed by atoms with Crippen LogP contribution in [0.15, 0.2) is 18.2 Å². The van der Waals surface area contributed by atoms with Gasteiger partial charge < -0.3 is 14.2 Å². The molecule has 2 aliphatic heterocycles. The summed E-state index contributed by atoms with van der Waals surface area (Å²) in [6.45, 7) is 2.64. The van der Waals surface area contributed by atoms with Gasteiger partial charge in [0.2, 0.25) is 0 Å². The van der Waals surface area contributed by atoms with Crippen molar-refractivity contribution in [3.05, 3.63) is 29.6 Å². The van der Waals surface area contributed by atoms with Crippen LogP contribution in [0.5, 0.6) is 5.75 Å². The smallest absolute Gasteiger partial charge is 0.410 e. The minimum Gasteiger partial charge on any atom is -0.444 e. The Balaban J connectivity index is 1.79. The predicted molar refractivity (Wildman–Crippen MR) is 96.6 cm³/mol. The van der Waals surface area contributed by atoms with Gasteiger partial charge in [0.1, 0.15) is 17.2 Å². The zero-order valence-electron chi connectivity index (χ0n) is 16.5. The van der Waals surface area contributed by atoms with E-state index in [1.807, 2.05) is 0 Å². The Bertz CT molecular complexity index is 766. The molecule has 1 aromatic carbocycles. The van der Waals surface area contributed by atoms with E-state index in [-0.39, 0.29) is 30.9 Å². The third-order valence-corrected chi connectivity index (χ3v) is 4.92. The number of Topliss-reactive ketones (excluding diaryl/α,β-unsaturated/α-hetero) is 1. The van der Waals surface area contributed by atoms with Crippen molar-refractivity contribution in [2.45, 2.75) is 57.9 Å². The van der Waals surface area contributed by atoms with Gasteiger partial charge >= 0.3 is 12.7 Å². The summed E-state index contributed by atoms with van der Waals surface area (Å²) in [6, 6.07) is 2.23. The summed E-state index contributed by atoms with van der Waals surface area (Å²) >= 11 is 0. The van der Waals surface area contributed by atoms with Crippen LogP contribution in [0.1, 0.15) is 44.0 Å². The van der Waals surface area contributed by atoms with E-state index >= 15 is 0 Å². The zero-order valence-corrected chi connectivity index (χ0v) is 16.5. The maximum atomic E-state index is 13.5. The number of rotatable bonds is 4. The lowest BCUT2D eigenvalue weighted by Crippen LogP contribution is -2.60. The third-order valence-electron chi connectivity index (χ3n) is 4.92. The van der Waals surface area contributed by atoms with E-state index in [2.05, 4.69) is 4.74 Å². The molecule has 1 aromatic rings. The number of piperidine rings is 1. The van der Waals surface area contributed by atoms with Crippen molar-refractivity contribution in [2.75, 3.05) is 13.2 Å². The van der Waals surface area contributed by atoms with E-state index in [1.165, 1.54) is 0 Å². The third kappa shape index (κ3) is 5.01. The van der Waals surface area contributed by atoms with Crippen molar-refractivity contribution in [1.29, 1.82) is 0 Å². The van der Waals surface area contributed by atoms with Gasteiger partial charge in [-0.05, 0) is 45.7 Å². The summed E-state index contributed by atoms with van der Waals surface area (Å²) in [5.41, 5.74) is -0.754. The van der Waals surface area contributed by atoms with Crippen LogP contribution >= 0.6 is 0 Å². The number of benzene rings is 1. The first-order chi connectivity index (χ1) is 13.5. The number of ketones is 1. The minimum absolute atomic E-state index is 0.0959. The van der Waals surface area contributed by atoms with E-state index < -0.39 is 41.6 Å². The van der Waals surface area contributed by atoms with Crippen LogP contribution in [0.3, 0.4) is 0 Å². The number of fused-ring (bicyclic) bond motifs is 2. The summed E-state index contributed by atoms with van der Waals surface area (Å²) in [4.78, 5) is 27.2. The fourth-order valence-electron chi connectivity index (χ4n) is 3.86. The van der Waals surface area contributed by atoms with E-state index in [0.29, 0.717) is 12.8 Å². The Morgan fingerprint density at radius 3 is 2.34 bits per heavy atom. The molecule has 2 atom stereocenters. The van der Waals surface area contributed by atoms with Crippen LogP contribution in [0.25, 0.3) is 0 Å². The van der Waals surface area contributed by atoms with Crippen LogP contribution in [0.2, 0.25) is 0 Å².